The minimum Gasteiger partial charge on any atom is -0.375 e. The normalized spacial score (nSPS) is 25.0. The maximum absolute atomic E-state index is 12.8. The van der Waals surface area contributed by atoms with Gasteiger partial charge in [0.1, 0.15) is 0 Å². The number of ether oxygens (including phenoxy) is 1. The second-order valence-electron chi connectivity index (χ2n) is 5.92. The third-order valence-corrected chi connectivity index (χ3v) is 6.01. The van der Waals surface area contributed by atoms with Crippen molar-refractivity contribution in [2.45, 2.75) is 44.1 Å². The summed E-state index contributed by atoms with van der Waals surface area (Å²) in [5, 5.41) is 0. The number of hydrogen-bond acceptors (Lipinski definition) is 2. The first kappa shape index (κ1) is 15.0. The molecule has 1 aromatic rings. The molecular formula is C16H18BrIO2. The molecule has 2 aliphatic rings. The molecule has 1 unspecified atom stereocenters. The van der Waals surface area contributed by atoms with Crippen molar-refractivity contribution in [3.63, 3.8) is 0 Å². The van der Waals surface area contributed by atoms with E-state index in [-0.39, 0.29) is 11.5 Å². The van der Waals surface area contributed by atoms with Crippen molar-refractivity contribution in [1.82, 2.24) is 0 Å². The Balaban J connectivity index is 1.81. The highest BCUT2D eigenvalue weighted by Gasteiger charge is 2.42. The van der Waals surface area contributed by atoms with Crippen LogP contribution < -0.4 is 0 Å². The molecule has 1 saturated carbocycles. The second-order valence-corrected chi connectivity index (χ2v) is 7.99. The zero-order chi connectivity index (χ0) is 14.2. The summed E-state index contributed by atoms with van der Waals surface area (Å²) in [6, 6.07) is 5.95. The summed E-state index contributed by atoms with van der Waals surface area (Å²) in [5.41, 5.74) is 0.871. The van der Waals surface area contributed by atoms with Crippen molar-refractivity contribution >= 4 is 44.3 Å². The first-order chi connectivity index (χ1) is 9.60. The molecule has 0 aromatic heterocycles. The van der Waals surface area contributed by atoms with Gasteiger partial charge in [-0.3, -0.25) is 4.79 Å². The summed E-state index contributed by atoms with van der Waals surface area (Å²) >= 11 is 5.72. The average Bonchev–Trinajstić information content (AvgIpc) is 2.88. The van der Waals surface area contributed by atoms with E-state index >= 15 is 0 Å². The summed E-state index contributed by atoms with van der Waals surface area (Å²) in [6.07, 6.45) is 6.53. The molecule has 1 heterocycles. The standard InChI is InChI=1S/C16H18BrIO2/c17-12-3-4-14(18)13(9-12)15(19)11-5-8-20-16(10-11)6-1-2-7-16/h3-4,9,11H,1-2,5-8,10H2. The van der Waals surface area contributed by atoms with Crippen LogP contribution in [-0.2, 0) is 4.74 Å². The minimum atomic E-state index is 0.00995. The van der Waals surface area contributed by atoms with E-state index in [2.05, 4.69) is 38.5 Å². The van der Waals surface area contributed by atoms with Crippen molar-refractivity contribution in [1.29, 1.82) is 0 Å². The molecule has 0 N–H and O–H groups in total. The van der Waals surface area contributed by atoms with Gasteiger partial charge in [-0.05, 0) is 66.5 Å². The van der Waals surface area contributed by atoms with Crippen LogP contribution in [0.2, 0.25) is 0 Å². The molecule has 20 heavy (non-hydrogen) atoms. The van der Waals surface area contributed by atoms with E-state index in [4.69, 9.17) is 4.74 Å². The van der Waals surface area contributed by atoms with E-state index in [1.807, 2.05) is 18.2 Å². The quantitative estimate of drug-likeness (QED) is 0.471. The van der Waals surface area contributed by atoms with E-state index in [1.165, 1.54) is 12.8 Å². The van der Waals surface area contributed by atoms with Gasteiger partial charge in [0.05, 0.1) is 5.60 Å². The molecule has 108 valence electrons. The van der Waals surface area contributed by atoms with Crippen molar-refractivity contribution < 1.29 is 9.53 Å². The van der Waals surface area contributed by atoms with Crippen LogP contribution in [0.5, 0.6) is 0 Å². The van der Waals surface area contributed by atoms with Crippen LogP contribution in [0.15, 0.2) is 22.7 Å². The van der Waals surface area contributed by atoms with E-state index < -0.39 is 0 Å². The summed E-state index contributed by atoms with van der Waals surface area (Å²) < 4.78 is 8.05. The lowest BCUT2D eigenvalue weighted by molar-refractivity contribution is -0.0866. The van der Waals surface area contributed by atoms with Crippen LogP contribution in [0.1, 0.15) is 48.9 Å². The van der Waals surface area contributed by atoms with Gasteiger partial charge < -0.3 is 4.74 Å². The van der Waals surface area contributed by atoms with Crippen LogP contribution in [-0.4, -0.2) is 18.0 Å². The molecule has 0 amide bonds. The summed E-state index contributed by atoms with van der Waals surface area (Å²) in [6.45, 7) is 0.737. The Kier molecular flexibility index (Phi) is 4.53. The highest BCUT2D eigenvalue weighted by molar-refractivity contribution is 14.1. The Labute approximate surface area is 141 Å². The number of hydrogen-bond donors (Lipinski definition) is 0. The SMILES string of the molecule is O=C(c1cc(Br)ccc1I)C1CCOC2(CCCC2)C1. The predicted molar refractivity (Wildman–Crippen MR) is 91.1 cm³/mol. The van der Waals surface area contributed by atoms with Crippen LogP contribution in [0.25, 0.3) is 0 Å². The Hall–Kier alpha value is 0.0600. The van der Waals surface area contributed by atoms with Crippen molar-refractivity contribution in [3.8, 4) is 0 Å². The lowest BCUT2D eigenvalue weighted by Gasteiger charge is -2.37. The van der Waals surface area contributed by atoms with Gasteiger partial charge in [-0.1, -0.05) is 28.8 Å². The van der Waals surface area contributed by atoms with Gasteiger partial charge in [-0.15, -0.1) is 0 Å². The number of halogens is 2. The maximum Gasteiger partial charge on any atom is 0.167 e. The molecule has 2 fully saturated rings. The van der Waals surface area contributed by atoms with Crippen LogP contribution in [0, 0.1) is 9.49 Å². The number of ketones is 1. The fourth-order valence-corrected chi connectivity index (χ4v) is 4.49. The van der Waals surface area contributed by atoms with Gasteiger partial charge in [0.15, 0.2) is 5.78 Å². The topological polar surface area (TPSA) is 26.3 Å². The number of carbonyl (C=O) groups is 1. The van der Waals surface area contributed by atoms with Gasteiger partial charge in [-0.2, -0.15) is 0 Å². The highest BCUT2D eigenvalue weighted by Crippen LogP contribution is 2.43. The Bertz CT molecular complexity index is 523. The third kappa shape index (κ3) is 2.97. The van der Waals surface area contributed by atoms with Crippen LogP contribution in [0.4, 0.5) is 0 Å². The molecule has 0 bridgehead atoms. The molecule has 1 saturated heterocycles. The lowest BCUT2D eigenvalue weighted by Crippen LogP contribution is -2.39. The smallest absolute Gasteiger partial charge is 0.167 e. The van der Waals surface area contributed by atoms with Gasteiger partial charge >= 0.3 is 0 Å². The first-order valence-corrected chi connectivity index (χ1v) is 9.10. The largest absolute Gasteiger partial charge is 0.375 e. The molecule has 1 aliphatic heterocycles. The molecular weight excluding hydrogens is 431 g/mol. The van der Waals surface area contributed by atoms with Crippen LogP contribution in [0.3, 0.4) is 0 Å². The summed E-state index contributed by atoms with van der Waals surface area (Å²) in [7, 11) is 0. The Morgan fingerprint density at radius 3 is 2.85 bits per heavy atom. The number of carbonyl (C=O) groups excluding carboxylic acids is 1. The lowest BCUT2D eigenvalue weighted by atomic mass is 9.81. The fourth-order valence-electron chi connectivity index (χ4n) is 3.53. The van der Waals surface area contributed by atoms with Gasteiger partial charge in [0.2, 0.25) is 0 Å². The van der Waals surface area contributed by atoms with Crippen molar-refractivity contribution in [3.05, 3.63) is 31.8 Å². The molecule has 4 heteroatoms. The average molecular weight is 449 g/mol. The Morgan fingerprint density at radius 2 is 2.10 bits per heavy atom. The molecule has 2 nitrogen and oxygen atoms in total. The molecule has 1 aliphatic carbocycles. The molecule has 0 radical (unpaired) electrons. The third-order valence-electron chi connectivity index (χ3n) is 4.57. The number of Topliss-reactive ketones (excluding diaryl/α,β-unsaturated/α-hetero) is 1. The minimum absolute atomic E-state index is 0.00995. The van der Waals surface area contributed by atoms with E-state index in [0.29, 0.717) is 5.78 Å². The molecule has 1 spiro atoms. The van der Waals surface area contributed by atoms with Crippen molar-refractivity contribution in [2.75, 3.05) is 6.61 Å². The Morgan fingerprint density at radius 1 is 1.35 bits per heavy atom. The number of rotatable bonds is 2. The van der Waals surface area contributed by atoms with E-state index in [0.717, 1.165) is 45.9 Å². The number of benzene rings is 1. The van der Waals surface area contributed by atoms with Crippen molar-refractivity contribution in [2.24, 2.45) is 5.92 Å². The summed E-state index contributed by atoms with van der Waals surface area (Å²) in [4.78, 5) is 12.8. The second kappa shape index (κ2) is 6.05. The van der Waals surface area contributed by atoms with Gasteiger partial charge in [-0.25, -0.2) is 0 Å². The van der Waals surface area contributed by atoms with Gasteiger partial charge in [0, 0.05) is 26.1 Å². The predicted octanol–water partition coefficient (Wildman–Crippen LogP) is 4.98. The monoisotopic (exact) mass is 448 g/mol. The van der Waals surface area contributed by atoms with Crippen LogP contribution >= 0.6 is 38.5 Å². The summed E-state index contributed by atoms with van der Waals surface area (Å²) in [5.74, 6) is 0.426. The fraction of sp³-hybridized carbons (Fsp3) is 0.562. The maximum atomic E-state index is 12.8. The van der Waals surface area contributed by atoms with E-state index in [1.54, 1.807) is 0 Å². The van der Waals surface area contributed by atoms with Gasteiger partial charge in [0.25, 0.3) is 0 Å². The highest BCUT2D eigenvalue weighted by atomic mass is 127. The zero-order valence-corrected chi connectivity index (χ0v) is 15.1. The molecule has 3 rings (SSSR count). The molecule has 1 atom stereocenters. The molecule has 1 aromatic carbocycles. The van der Waals surface area contributed by atoms with E-state index in [9.17, 15) is 4.79 Å². The zero-order valence-electron chi connectivity index (χ0n) is 11.3. The first-order valence-electron chi connectivity index (χ1n) is 7.23.